The Kier molecular flexibility index (Phi) is 5.33. The van der Waals surface area contributed by atoms with Crippen molar-refractivity contribution in [2.24, 2.45) is 5.73 Å². The zero-order valence-electron chi connectivity index (χ0n) is 11.7. The van der Waals surface area contributed by atoms with Crippen molar-refractivity contribution >= 4 is 15.8 Å². The van der Waals surface area contributed by atoms with Gasteiger partial charge >= 0.3 is 5.97 Å². The molecule has 2 atom stereocenters. The van der Waals surface area contributed by atoms with E-state index in [1.807, 2.05) is 30.3 Å². The fraction of sp³-hybridized carbons (Fsp3) is 0.500. The van der Waals surface area contributed by atoms with Gasteiger partial charge in [-0.1, -0.05) is 30.3 Å². The summed E-state index contributed by atoms with van der Waals surface area (Å²) in [6, 6.07) is 8.70. The van der Waals surface area contributed by atoms with Crippen molar-refractivity contribution in [1.82, 2.24) is 5.32 Å². The van der Waals surface area contributed by atoms with Crippen molar-refractivity contribution in [1.29, 1.82) is 0 Å². The van der Waals surface area contributed by atoms with E-state index in [-0.39, 0.29) is 30.7 Å². The average molecular weight is 312 g/mol. The van der Waals surface area contributed by atoms with Crippen LogP contribution >= 0.6 is 0 Å². The number of nitrogens with one attached hydrogen (secondary N) is 1. The first kappa shape index (κ1) is 15.9. The fourth-order valence-electron chi connectivity index (χ4n) is 2.21. The highest BCUT2D eigenvalue weighted by molar-refractivity contribution is 7.91. The van der Waals surface area contributed by atoms with Crippen LogP contribution in [0.2, 0.25) is 0 Å². The van der Waals surface area contributed by atoms with Gasteiger partial charge in [0.2, 0.25) is 0 Å². The summed E-state index contributed by atoms with van der Waals surface area (Å²) in [4.78, 5) is 11.7. The number of esters is 1. The predicted molar refractivity (Wildman–Crippen MR) is 79.3 cm³/mol. The van der Waals surface area contributed by atoms with Gasteiger partial charge in [0.05, 0.1) is 18.1 Å². The second-order valence-electron chi connectivity index (χ2n) is 5.20. The van der Waals surface area contributed by atoms with Crippen LogP contribution in [-0.2, 0) is 26.0 Å². The quantitative estimate of drug-likeness (QED) is 0.733. The maximum Gasteiger partial charge on any atom is 0.320 e. The smallest absolute Gasteiger partial charge is 0.320 e. The first-order chi connectivity index (χ1) is 9.96. The van der Waals surface area contributed by atoms with Gasteiger partial charge in [0.15, 0.2) is 9.84 Å². The van der Waals surface area contributed by atoms with Crippen LogP contribution in [-0.4, -0.2) is 44.5 Å². The minimum absolute atomic E-state index is 0.0276. The molecule has 2 rings (SSSR count). The molecule has 6 nitrogen and oxygen atoms in total. The molecule has 116 valence electrons. The molecule has 1 aromatic carbocycles. The molecule has 0 unspecified atom stereocenters. The Morgan fingerprint density at radius 3 is 2.76 bits per heavy atom. The summed E-state index contributed by atoms with van der Waals surface area (Å²) in [5.74, 6) is -0.334. The molecule has 0 aromatic heterocycles. The van der Waals surface area contributed by atoms with Crippen LogP contribution in [0.5, 0.6) is 0 Å². The van der Waals surface area contributed by atoms with Crippen molar-refractivity contribution in [3.63, 3.8) is 0 Å². The van der Waals surface area contributed by atoms with E-state index < -0.39 is 21.8 Å². The van der Waals surface area contributed by atoms with Crippen molar-refractivity contribution in [2.45, 2.75) is 25.1 Å². The Labute approximate surface area is 124 Å². The molecule has 3 N–H and O–H groups in total. The van der Waals surface area contributed by atoms with Crippen LogP contribution in [0, 0.1) is 0 Å². The number of carbonyl (C=O) groups is 1. The maximum atomic E-state index is 11.7. The number of carbonyl (C=O) groups excluding carboxylic acids is 1. The molecule has 1 heterocycles. The van der Waals surface area contributed by atoms with E-state index in [2.05, 4.69) is 5.32 Å². The summed E-state index contributed by atoms with van der Waals surface area (Å²) in [5, 5.41) is 2.88. The standard InChI is InChI=1S/C14H20N2O4S/c15-12-6-7-21(18,19)10-13(12)16-8-14(17)20-9-11-4-2-1-3-5-11/h1-5,12-13,16H,6-10,15H2/t12-,13+/m0/s1. The maximum absolute atomic E-state index is 11.7. The zero-order chi connectivity index (χ0) is 15.3. The van der Waals surface area contributed by atoms with Gasteiger partial charge in [-0.2, -0.15) is 0 Å². The van der Waals surface area contributed by atoms with E-state index in [1.54, 1.807) is 0 Å². The molecule has 21 heavy (non-hydrogen) atoms. The Hall–Kier alpha value is -1.44. The van der Waals surface area contributed by atoms with Crippen LogP contribution in [0.4, 0.5) is 0 Å². The van der Waals surface area contributed by atoms with Gasteiger partial charge in [-0.05, 0) is 12.0 Å². The van der Waals surface area contributed by atoms with Crippen LogP contribution < -0.4 is 11.1 Å². The second kappa shape index (κ2) is 7.02. The Morgan fingerprint density at radius 2 is 2.05 bits per heavy atom. The van der Waals surface area contributed by atoms with Crippen LogP contribution in [0.1, 0.15) is 12.0 Å². The minimum Gasteiger partial charge on any atom is -0.460 e. The summed E-state index contributed by atoms with van der Waals surface area (Å²) in [6.45, 7) is 0.164. The predicted octanol–water partition coefficient (Wildman–Crippen LogP) is -0.166. The van der Waals surface area contributed by atoms with E-state index in [1.165, 1.54) is 0 Å². The Balaban J connectivity index is 1.76. The molecule has 1 aliphatic heterocycles. The number of hydrogen-bond donors (Lipinski definition) is 2. The number of nitrogens with two attached hydrogens (primary N) is 1. The van der Waals surface area contributed by atoms with Gasteiger partial charge in [-0.25, -0.2) is 8.42 Å². The van der Waals surface area contributed by atoms with Crippen molar-refractivity contribution in [3.05, 3.63) is 35.9 Å². The number of hydrogen-bond acceptors (Lipinski definition) is 6. The first-order valence-corrected chi connectivity index (χ1v) is 8.67. The lowest BCUT2D eigenvalue weighted by Gasteiger charge is -2.28. The van der Waals surface area contributed by atoms with Crippen LogP contribution in [0.3, 0.4) is 0 Å². The zero-order valence-corrected chi connectivity index (χ0v) is 12.5. The van der Waals surface area contributed by atoms with Gasteiger partial charge in [0.25, 0.3) is 0 Å². The molecule has 1 aliphatic rings. The van der Waals surface area contributed by atoms with Crippen LogP contribution in [0.15, 0.2) is 30.3 Å². The van der Waals surface area contributed by atoms with Crippen molar-refractivity contribution < 1.29 is 17.9 Å². The molecule has 0 radical (unpaired) electrons. The van der Waals surface area contributed by atoms with Crippen molar-refractivity contribution in [2.75, 3.05) is 18.1 Å². The molecule has 1 aromatic rings. The molecular formula is C14H20N2O4S. The molecule has 1 saturated heterocycles. The van der Waals surface area contributed by atoms with Gasteiger partial charge in [0.1, 0.15) is 6.61 Å². The van der Waals surface area contributed by atoms with Crippen molar-refractivity contribution in [3.8, 4) is 0 Å². The third kappa shape index (κ3) is 5.11. The summed E-state index contributed by atoms with van der Waals surface area (Å²) in [5.41, 5.74) is 6.78. The number of sulfone groups is 1. The molecular weight excluding hydrogens is 292 g/mol. The Morgan fingerprint density at radius 1 is 1.33 bits per heavy atom. The topological polar surface area (TPSA) is 98.5 Å². The monoisotopic (exact) mass is 312 g/mol. The van der Waals surface area contributed by atoms with Gasteiger partial charge in [-0.3, -0.25) is 4.79 Å². The summed E-state index contributed by atoms with van der Waals surface area (Å²) < 4.78 is 28.2. The highest BCUT2D eigenvalue weighted by Crippen LogP contribution is 2.11. The van der Waals surface area contributed by atoms with Gasteiger partial charge in [0, 0.05) is 12.1 Å². The fourth-order valence-corrected chi connectivity index (χ4v) is 3.92. The summed E-state index contributed by atoms with van der Waals surface area (Å²) in [7, 11) is -3.06. The normalized spacial score (nSPS) is 24.4. The highest BCUT2D eigenvalue weighted by atomic mass is 32.2. The molecule has 0 aliphatic carbocycles. The molecule has 0 spiro atoms. The lowest BCUT2D eigenvalue weighted by atomic mass is 10.1. The average Bonchev–Trinajstić information content (AvgIpc) is 2.47. The lowest BCUT2D eigenvalue weighted by Crippen LogP contribution is -2.54. The third-order valence-corrected chi connectivity index (χ3v) is 5.19. The van der Waals surface area contributed by atoms with E-state index >= 15 is 0 Å². The molecule has 0 bridgehead atoms. The highest BCUT2D eigenvalue weighted by Gasteiger charge is 2.30. The van der Waals surface area contributed by atoms with Gasteiger partial charge < -0.3 is 15.8 Å². The number of ether oxygens (including phenoxy) is 1. The SMILES string of the molecule is N[C@H]1CCS(=O)(=O)C[C@H]1NCC(=O)OCc1ccccc1. The van der Waals surface area contributed by atoms with E-state index in [4.69, 9.17) is 10.5 Å². The van der Waals surface area contributed by atoms with Crippen LogP contribution in [0.25, 0.3) is 0 Å². The van der Waals surface area contributed by atoms with E-state index in [0.717, 1.165) is 5.56 Å². The first-order valence-electron chi connectivity index (χ1n) is 6.85. The molecule has 0 amide bonds. The third-order valence-electron chi connectivity index (χ3n) is 3.46. The molecule has 7 heteroatoms. The number of benzene rings is 1. The van der Waals surface area contributed by atoms with E-state index in [9.17, 15) is 13.2 Å². The lowest BCUT2D eigenvalue weighted by molar-refractivity contribution is -0.144. The molecule has 0 saturated carbocycles. The summed E-state index contributed by atoms with van der Waals surface area (Å²) >= 11 is 0. The molecule has 1 fully saturated rings. The summed E-state index contributed by atoms with van der Waals surface area (Å²) in [6.07, 6.45) is 0.416. The minimum atomic E-state index is -3.06. The van der Waals surface area contributed by atoms with Gasteiger partial charge in [-0.15, -0.1) is 0 Å². The second-order valence-corrected chi connectivity index (χ2v) is 7.43. The largest absolute Gasteiger partial charge is 0.460 e. The Bertz CT molecular complexity index is 574. The number of rotatable bonds is 5. The van der Waals surface area contributed by atoms with E-state index in [0.29, 0.717) is 6.42 Å².